The summed E-state index contributed by atoms with van der Waals surface area (Å²) in [6.45, 7) is 2.55. The highest BCUT2D eigenvalue weighted by Gasteiger charge is 2.11. The molecule has 27 heavy (non-hydrogen) atoms. The molecule has 0 spiro atoms. The number of hydrogen-bond acceptors (Lipinski definition) is 5. The quantitative estimate of drug-likeness (QED) is 0.429. The van der Waals surface area contributed by atoms with Crippen LogP contribution in [-0.2, 0) is 6.54 Å². The molecule has 0 saturated heterocycles. The van der Waals surface area contributed by atoms with Crippen molar-refractivity contribution in [3.63, 3.8) is 0 Å². The predicted octanol–water partition coefficient (Wildman–Crippen LogP) is 0.463. The van der Waals surface area contributed by atoms with E-state index in [-0.39, 0.29) is 30.7 Å². The third-order valence-electron chi connectivity index (χ3n) is 3.99. The Bertz CT molecular complexity index is 1100. The summed E-state index contributed by atoms with van der Waals surface area (Å²) in [4.78, 5) is 50.0. The van der Waals surface area contributed by atoms with Gasteiger partial charge in [-0.1, -0.05) is 0 Å². The lowest BCUT2D eigenvalue weighted by Crippen LogP contribution is -2.36. The van der Waals surface area contributed by atoms with Crippen LogP contribution < -0.4 is 21.8 Å². The van der Waals surface area contributed by atoms with Crippen molar-refractivity contribution in [3.8, 4) is 0 Å². The number of aryl methyl sites for hydroxylation is 1. The van der Waals surface area contributed by atoms with Gasteiger partial charge in [-0.3, -0.25) is 19.2 Å². The largest absolute Gasteiger partial charge is 0.459 e. The van der Waals surface area contributed by atoms with Gasteiger partial charge in [-0.05, 0) is 37.3 Å². The molecule has 0 aliphatic carbocycles. The molecule has 9 heteroatoms. The first-order chi connectivity index (χ1) is 13.0. The van der Waals surface area contributed by atoms with Crippen molar-refractivity contribution >= 4 is 22.8 Å². The summed E-state index contributed by atoms with van der Waals surface area (Å²) in [6.07, 6.45) is 1.40. The fraction of sp³-hybridized carbons (Fsp3) is 0.222. The molecule has 2 heterocycles. The Kier molecular flexibility index (Phi) is 5.20. The molecule has 0 aliphatic heterocycles. The number of nitrogens with one attached hydrogen (secondary N) is 3. The summed E-state index contributed by atoms with van der Waals surface area (Å²) in [7, 11) is 0. The van der Waals surface area contributed by atoms with Crippen molar-refractivity contribution in [1.82, 2.24) is 20.2 Å². The van der Waals surface area contributed by atoms with Crippen LogP contribution in [0, 0.1) is 0 Å². The van der Waals surface area contributed by atoms with Crippen LogP contribution in [0.3, 0.4) is 0 Å². The smallest absolute Gasteiger partial charge is 0.316 e. The summed E-state index contributed by atoms with van der Waals surface area (Å²) in [5.41, 5.74) is -0.0848. The minimum Gasteiger partial charge on any atom is -0.459 e. The number of aromatic nitrogens is 2. The van der Waals surface area contributed by atoms with Gasteiger partial charge in [0.15, 0.2) is 5.76 Å². The van der Waals surface area contributed by atoms with Gasteiger partial charge in [0.1, 0.15) is 0 Å². The SMILES string of the molecule is CCn1c(=O)c(=O)[nH]c2cc(C(=O)NCCNC(=O)c3ccco3)ccc21. The van der Waals surface area contributed by atoms with Crippen molar-refractivity contribution < 1.29 is 14.0 Å². The molecule has 2 aromatic heterocycles. The normalized spacial score (nSPS) is 10.7. The highest BCUT2D eigenvalue weighted by molar-refractivity contribution is 5.97. The van der Waals surface area contributed by atoms with Crippen LogP contribution in [0.4, 0.5) is 0 Å². The van der Waals surface area contributed by atoms with Gasteiger partial charge < -0.3 is 24.6 Å². The maximum absolute atomic E-state index is 12.3. The Morgan fingerprint density at radius 1 is 1.11 bits per heavy atom. The fourth-order valence-electron chi connectivity index (χ4n) is 2.68. The highest BCUT2D eigenvalue weighted by atomic mass is 16.3. The molecular formula is C18H18N4O5. The first-order valence-corrected chi connectivity index (χ1v) is 8.38. The number of benzene rings is 1. The Balaban J connectivity index is 1.65. The third-order valence-corrected chi connectivity index (χ3v) is 3.99. The Labute approximate surface area is 153 Å². The van der Waals surface area contributed by atoms with E-state index in [1.54, 1.807) is 31.2 Å². The number of carbonyl (C=O) groups is 2. The molecule has 0 aliphatic rings. The summed E-state index contributed by atoms with van der Waals surface area (Å²) >= 11 is 0. The maximum Gasteiger partial charge on any atom is 0.316 e. The van der Waals surface area contributed by atoms with Gasteiger partial charge in [-0.25, -0.2) is 0 Å². The Morgan fingerprint density at radius 2 is 1.85 bits per heavy atom. The predicted molar refractivity (Wildman–Crippen MR) is 97.9 cm³/mol. The molecular weight excluding hydrogens is 352 g/mol. The fourth-order valence-corrected chi connectivity index (χ4v) is 2.68. The molecule has 3 aromatic rings. The molecule has 140 valence electrons. The first kappa shape index (κ1) is 18.2. The number of carbonyl (C=O) groups excluding carboxylic acids is 2. The lowest BCUT2D eigenvalue weighted by Gasteiger charge is -2.09. The van der Waals surface area contributed by atoms with Gasteiger partial charge in [-0.2, -0.15) is 0 Å². The number of rotatable bonds is 6. The van der Waals surface area contributed by atoms with Crippen molar-refractivity contribution in [2.24, 2.45) is 0 Å². The van der Waals surface area contributed by atoms with Crippen LogP contribution in [0.5, 0.6) is 0 Å². The van der Waals surface area contributed by atoms with Crippen molar-refractivity contribution in [2.75, 3.05) is 13.1 Å². The average Bonchev–Trinajstić information content (AvgIpc) is 3.20. The van der Waals surface area contributed by atoms with Crippen LogP contribution in [0.25, 0.3) is 11.0 Å². The Hall–Kier alpha value is -3.62. The van der Waals surface area contributed by atoms with Crippen LogP contribution in [0.15, 0.2) is 50.6 Å². The van der Waals surface area contributed by atoms with Crippen LogP contribution in [0.2, 0.25) is 0 Å². The van der Waals surface area contributed by atoms with Crippen molar-refractivity contribution in [1.29, 1.82) is 0 Å². The zero-order valence-electron chi connectivity index (χ0n) is 14.6. The summed E-state index contributed by atoms with van der Waals surface area (Å²) in [5, 5.41) is 5.29. The van der Waals surface area contributed by atoms with E-state index in [0.717, 1.165) is 0 Å². The average molecular weight is 370 g/mol. The Morgan fingerprint density at radius 3 is 2.52 bits per heavy atom. The van der Waals surface area contributed by atoms with Gasteiger partial charge in [0.25, 0.3) is 11.8 Å². The molecule has 0 fully saturated rings. The minimum absolute atomic E-state index is 0.196. The molecule has 3 N–H and O–H groups in total. The molecule has 0 unspecified atom stereocenters. The lowest BCUT2D eigenvalue weighted by atomic mass is 10.1. The van der Waals surface area contributed by atoms with Gasteiger partial charge in [-0.15, -0.1) is 0 Å². The number of hydrogen-bond donors (Lipinski definition) is 3. The van der Waals surface area contributed by atoms with Crippen LogP contribution in [0.1, 0.15) is 27.8 Å². The second-order valence-corrected chi connectivity index (χ2v) is 5.72. The van der Waals surface area contributed by atoms with Gasteiger partial charge in [0, 0.05) is 25.2 Å². The van der Waals surface area contributed by atoms with Gasteiger partial charge >= 0.3 is 11.1 Å². The van der Waals surface area contributed by atoms with E-state index >= 15 is 0 Å². The summed E-state index contributed by atoms with van der Waals surface area (Å²) < 4.78 is 6.32. The van der Waals surface area contributed by atoms with E-state index in [4.69, 9.17) is 4.42 Å². The zero-order chi connectivity index (χ0) is 19.4. The minimum atomic E-state index is -0.734. The third kappa shape index (κ3) is 3.81. The van der Waals surface area contributed by atoms with E-state index in [1.165, 1.54) is 16.9 Å². The molecule has 0 radical (unpaired) electrons. The number of fused-ring (bicyclic) bond motifs is 1. The maximum atomic E-state index is 12.3. The van der Waals surface area contributed by atoms with E-state index in [9.17, 15) is 19.2 Å². The number of aromatic amines is 1. The second-order valence-electron chi connectivity index (χ2n) is 5.72. The number of furan rings is 1. The van der Waals surface area contributed by atoms with E-state index in [1.807, 2.05) is 0 Å². The van der Waals surface area contributed by atoms with Crippen LogP contribution >= 0.6 is 0 Å². The molecule has 0 atom stereocenters. The lowest BCUT2D eigenvalue weighted by molar-refractivity contribution is 0.0910. The molecule has 2 amide bonds. The van der Waals surface area contributed by atoms with E-state index in [0.29, 0.717) is 23.1 Å². The molecule has 0 saturated carbocycles. The number of amides is 2. The topological polar surface area (TPSA) is 126 Å². The van der Waals surface area contributed by atoms with Gasteiger partial charge in [0.05, 0.1) is 17.3 Å². The van der Waals surface area contributed by atoms with E-state index < -0.39 is 11.1 Å². The first-order valence-electron chi connectivity index (χ1n) is 8.38. The highest BCUT2D eigenvalue weighted by Crippen LogP contribution is 2.11. The number of H-pyrrole nitrogens is 1. The molecule has 1 aromatic carbocycles. The van der Waals surface area contributed by atoms with Gasteiger partial charge in [0.2, 0.25) is 0 Å². The van der Waals surface area contributed by atoms with E-state index in [2.05, 4.69) is 15.6 Å². The van der Waals surface area contributed by atoms with Crippen molar-refractivity contribution in [2.45, 2.75) is 13.5 Å². The molecule has 0 bridgehead atoms. The summed E-state index contributed by atoms with van der Waals surface area (Å²) in [6, 6.07) is 7.85. The zero-order valence-corrected chi connectivity index (χ0v) is 14.6. The number of nitrogens with zero attached hydrogens (tertiary/aromatic N) is 1. The molecule has 3 rings (SSSR count). The monoisotopic (exact) mass is 370 g/mol. The second kappa shape index (κ2) is 7.73. The summed E-state index contributed by atoms with van der Waals surface area (Å²) in [5.74, 6) is -0.531. The van der Waals surface area contributed by atoms with Crippen molar-refractivity contribution in [3.05, 3.63) is 68.6 Å². The van der Waals surface area contributed by atoms with Crippen LogP contribution in [-0.4, -0.2) is 34.5 Å². The standard InChI is InChI=1S/C18H18N4O5/c1-2-22-13-6-5-11(10-12(13)21-17(25)18(22)26)15(23)19-7-8-20-16(24)14-4-3-9-27-14/h3-6,9-10H,2,7-8H2,1H3,(H,19,23)(H,20,24)(H,21,25). The molecule has 9 nitrogen and oxygen atoms in total.